The molecule has 0 amide bonds. The van der Waals surface area contributed by atoms with Crippen molar-refractivity contribution in [3.8, 4) is 0 Å². The SMILES string of the molecule is C=Cn1c(=N)n(C=C)c2ccccc21. The number of benzene rings is 1. The molecule has 0 atom stereocenters. The van der Waals surface area contributed by atoms with Crippen LogP contribution >= 0.6 is 0 Å². The van der Waals surface area contributed by atoms with Crippen LogP contribution in [0.1, 0.15) is 0 Å². The lowest BCUT2D eigenvalue weighted by atomic mass is 10.3. The molecule has 0 radical (unpaired) electrons. The first-order chi connectivity index (χ1) is 6.79. The van der Waals surface area contributed by atoms with E-state index in [1.165, 1.54) is 0 Å². The molecule has 1 aromatic carbocycles. The van der Waals surface area contributed by atoms with Crippen LogP contribution in [0.5, 0.6) is 0 Å². The summed E-state index contributed by atoms with van der Waals surface area (Å²) in [6.45, 7) is 7.37. The van der Waals surface area contributed by atoms with Crippen LogP contribution < -0.4 is 5.62 Å². The summed E-state index contributed by atoms with van der Waals surface area (Å²) in [4.78, 5) is 0. The molecule has 0 saturated heterocycles. The molecule has 3 nitrogen and oxygen atoms in total. The summed E-state index contributed by atoms with van der Waals surface area (Å²) < 4.78 is 3.44. The molecule has 0 saturated carbocycles. The predicted molar refractivity (Wildman–Crippen MR) is 58.6 cm³/mol. The van der Waals surface area contributed by atoms with E-state index in [4.69, 9.17) is 5.41 Å². The Bertz CT molecular complexity index is 509. The van der Waals surface area contributed by atoms with E-state index >= 15 is 0 Å². The average Bonchev–Trinajstić information content (AvgIpc) is 2.49. The number of para-hydroxylation sites is 2. The topological polar surface area (TPSA) is 33.7 Å². The quantitative estimate of drug-likeness (QED) is 0.743. The second-order valence-corrected chi connectivity index (χ2v) is 2.92. The van der Waals surface area contributed by atoms with Gasteiger partial charge in [0, 0.05) is 12.4 Å². The zero-order valence-electron chi connectivity index (χ0n) is 7.77. The third kappa shape index (κ3) is 0.956. The molecule has 0 aliphatic carbocycles. The highest BCUT2D eigenvalue weighted by molar-refractivity contribution is 5.79. The van der Waals surface area contributed by atoms with Crippen molar-refractivity contribution in [3.05, 3.63) is 43.0 Å². The number of nitrogens with one attached hydrogen (secondary N) is 1. The summed E-state index contributed by atoms with van der Waals surface area (Å²) in [6, 6.07) is 7.79. The number of hydrogen-bond donors (Lipinski definition) is 1. The fraction of sp³-hybridized carbons (Fsp3) is 0. The predicted octanol–water partition coefficient (Wildman–Crippen LogP) is 2.12. The molecule has 2 rings (SSSR count). The average molecular weight is 185 g/mol. The Morgan fingerprint density at radius 2 is 1.43 bits per heavy atom. The number of hydrogen-bond acceptors (Lipinski definition) is 1. The number of nitrogens with zero attached hydrogens (tertiary/aromatic N) is 2. The van der Waals surface area contributed by atoms with Crippen molar-refractivity contribution in [3.63, 3.8) is 0 Å². The Labute approximate surface area is 81.7 Å². The zero-order chi connectivity index (χ0) is 10.1. The van der Waals surface area contributed by atoms with Crippen molar-refractivity contribution in [2.45, 2.75) is 0 Å². The number of rotatable bonds is 2. The molecule has 2 aromatic rings. The van der Waals surface area contributed by atoms with Gasteiger partial charge in [-0.05, 0) is 12.1 Å². The minimum atomic E-state index is 0.358. The third-order valence-corrected chi connectivity index (χ3v) is 2.22. The summed E-state index contributed by atoms with van der Waals surface area (Å²) in [7, 11) is 0. The van der Waals surface area contributed by atoms with Crippen molar-refractivity contribution in [1.29, 1.82) is 5.41 Å². The first kappa shape index (κ1) is 8.56. The molecular formula is C11H11N3. The molecule has 0 aliphatic rings. The standard InChI is InChI=1S/C11H11N3/c1-3-13-9-7-5-6-8-10(9)14(4-2)11(13)12/h3-8,12H,1-2H2. The smallest absolute Gasteiger partial charge is 0.211 e. The number of fused-ring (bicyclic) bond motifs is 1. The van der Waals surface area contributed by atoms with Gasteiger partial charge in [-0.25, -0.2) is 0 Å². The first-order valence-corrected chi connectivity index (χ1v) is 4.30. The maximum absolute atomic E-state index is 7.86. The molecule has 70 valence electrons. The van der Waals surface area contributed by atoms with Crippen LogP contribution in [0, 0.1) is 5.41 Å². The number of imidazole rings is 1. The fourth-order valence-electron chi connectivity index (χ4n) is 1.59. The lowest BCUT2D eigenvalue weighted by Crippen LogP contribution is -2.17. The van der Waals surface area contributed by atoms with E-state index in [9.17, 15) is 0 Å². The fourth-order valence-corrected chi connectivity index (χ4v) is 1.59. The Balaban J connectivity index is 3.06. The van der Waals surface area contributed by atoms with Gasteiger partial charge in [0.2, 0.25) is 5.62 Å². The molecule has 1 N–H and O–H groups in total. The zero-order valence-corrected chi connectivity index (χ0v) is 7.77. The largest absolute Gasteiger partial charge is 0.286 e. The summed E-state index contributed by atoms with van der Waals surface area (Å²) in [5.74, 6) is 0. The Morgan fingerprint density at radius 3 is 1.79 bits per heavy atom. The Hall–Kier alpha value is -2.03. The molecule has 1 aromatic heterocycles. The molecular weight excluding hydrogens is 174 g/mol. The Morgan fingerprint density at radius 1 is 1.00 bits per heavy atom. The van der Waals surface area contributed by atoms with Crippen LogP contribution in [-0.4, -0.2) is 9.13 Å². The second-order valence-electron chi connectivity index (χ2n) is 2.92. The lowest BCUT2D eigenvalue weighted by Gasteiger charge is -1.92. The van der Waals surface area contributed by atoms with Crippen molar-refractivity contribution < 1.29 is 0 Å². The highest BCUT2D eigenvalue weighted by atomic mass is 15.2. The van der Waals surface area contributed by atoms with Crippen molar-refractivity contribution in [2.75, 3.05) is 0 Å². The van der Waals surface area contributed by atoms with Crippen LogP contribution in [0.3, 0.4) is 0 Å². The first-order valence-electron chi connectivity index (χ1n) is 4.30. The molecule has 1 heterocycles. The highest BCUT2D eigenvalue weighted by Gasteiger charge is 2.04. The maximum Gasteiger partial charge on any atom is 0.211 e. The van der Waals surface area contributed by atoms with E-state index < -0.39 is 0 Å². The Kier molecular flexibility index (Phi) is 1.85. The van der Waals surface area contributed by atoms with Gasteiger partial charge in [-0.3, -0.25) is 14.5 Å². The van der Waals surface area contributed by atoms with E-state index in [1.54, 1.807) is 21.5 Å². The van der Waals surface area contributed by atoms with Crippen molar-refractivity contribution in [1.82, 2.24) is 9.13 Å². The van der Waals surface area contributed by atoms with Gasteiger partial charge in [0.15, 0.2) is 0 Å². The van der Waals surface area contributed by atoms with Gasteiger partial charge in [-0.1, -0.05) is 25.3 Å². The van der Waals surface area contributed by atoms with E-state index in [1.807, 2.05) is 24.3 Å². The minimum absolute atomic E-state index is 0.358. The monoisotopic (exact) mass is 185 g/mol. The van der Waals surface area contributed by atoms with Gasteiger partial charge in [-0.2, -0.15) is 0 Å². The molecule has 0 aliphatic heterocycles. The highest BCUT2D eigenvalue weighted by Crippen LogP contribution is 2.12. The van der Waals surface area contributed by atoms with Gasteiger partial charge in [0.1, 0.15) is 0 Å². The van der Waals surface area contributed by atoms with Gasteiger partial charge < -0.3 is 0 Å². The van der Waals surface area contributed by atoms with Gasteiger partial charge >= 0.3 is 0 Å². The second kappa shape index (κ2) is 3.03. The van der Waals surface area contributed by atoms with Gasteiger partial charge in [0.25, 0.3) is 0 Å². The van der Waals surface area contributed by atoms with E-state index in [2.05, 4.69) is 13.2 Å². The van der Waals surface area contributed by atoms with Gasteiger partial charge in [0.05, 0.1) is 11.0 Å². The summed E-state index contributed by atoms with van der Waals surface area (Å²) in [6.07, 6.45) is 3.26. The van der Waals surface area contributed by atoms with Crippen LogP contribution in [0.4, 0.5) is 0 Å². The third-order valence-electron chi connectivity index (χ3n) is 2.22. The van der Waals surface area contributed by atoms with Crippen LogP contribution in [0.2, 0.25) is 0 Å². The lowest BCUT2D eigenvalue weighted by molar-refractivity contribution is 0.909. The maximum atomic E-state index is 7.86. The van der Waals surface area contributed by atoms with E-state index in [-0.39, 0.29) is 0 Å². The molecule has 3 heteroatoms. The molecule has 0 spiro atoms. The summed E-state index contributed by atoms with van der Waals surface area (Å²) in [5.41, 5.74) is 2.29. The van der Waals surface area contributed by atoms with E-state index in [0.29, 0.717) is 5.62 Å². The normalized spacial score (nSPS) is 10.3. The van der Waals surface area contributed by atoms with Crippen LogP contribution in [-0.2, 0) is 0 Å². The molecule has 0 fully saturated rings. The molecule has 0 bridgehead atoms. The molecule has 0 unspecified atom stereocenters. The number of aromatic nitrogens is 2. The van der Waals surface area contributed by atoms with Crippen molar-refractivity contribution in [2.24, 2.45) is 0 Å². The van der Waals surface area contributed by atoms with Crippen molar-refractivity contribution >= 4 is 23.4 Å². The van der Waals surface area contributed by atoms with Gasteiger partial charge in [-0.15, -0.1) is 0 Å². The molecule has 14 heavy (non-hydrogen) atoms. The van der Waals surface area contributed by atoms with Crippen LogP contribution in [0.15, 0.2) is 37.4 Å². The summed E-state index contributed by atoms with van der Waals surface area (Å²) in [5, 5.41) is 7.86. The van der Waals surface area contributed by atoms with E-state index in [0.717, 1.165) is 11.0 Å². The van der Waals surface area contributed by atoms with Crippen LogP contribution in [0.25, 0.3) is 23.4 Å². The minimum Gasteiger partial charge on any atom is -0.286 e. The summed E-state index contributed by atoms with van der Waals surface area (Å²) >= 11 is 0.